The normalized spacial score (nSPS) is 25.2. The van der Waals surface area contributed by atoms with Gasteiger partial charge in [0.25, 0.3) is 0 Å². The molecule has 102 valence electrons. The Morgan fingerprint density at radius 3 is 2.89 bits per heavy atom. The Bertz CT molecular complexity index is 497. The highest BCUT2D eigenvalue weighted by Crippen LogP contribution is 2.23. The van der Waals surface area contributed by atoms with Crippen molar-refractivity contribution in [3.63, 3.8) is 0 Å². The van der Waals surface area contributed by atoms with Crippen molar-refractivity contribution >= 4 is 9.84 Å². The Balaban J connectivity index is 1.86. The Labute approximate surface area is 108 Å². The fourth-order valence-electron chi connectivity index (χ4n) is 2.42. The molecule has 2 unspecified atom stereocenters. The first-order chi connectivity index (χ1) is 8.45. The molecule has 0 amide bonds. The summed E-state index contributed by atoms with van der Waals surface area (Å²) in [7, 11) is -1.08. The van der Waals surface area contributed by atoms with Gasteiger partial charge in [0.1, 0.15) is 16.2 Å². The number of aromatic nitrogens is 3. The van der Waals surface area contributed by atoms with Crippen LogP contribution in [-0.2, 0) is 23.4 Å². The van der Waals surface area contributed by atoms with Gasteiger partial charge in [-0.3, -0.25) is 4.68 Å². The number of sulfone groups is 1. The minimum Gasteiger partial charge on any atom is -0.307 e. The molecule has 1 N–H and O–H groups in total. The minimum atomic E-state index is -2.91. The summed E-state index contributed by atoms with van der Waals surface area (Å²) in [6, 6.07) is 0.252. The third-order valence-electron chi connectivity index (χ3n) is 3.43. The molecule has 2 rings (SSSR count). The lowest BCUT2D eigenvalue weighted by Gasteiger charge is -2.28. The van der Waals surface area contributed by atoms with Gasteiger partial charge in [0.15, 0.2) is 5.82 Å². The lowest BCUT2D eigenvalue weighted by atomic mass is 9.95. The molecule has 0 bridgehead atoms. The van der Waals surface area contributed by atoms with Crippen LogP contribution in [0.25, 0.3) is 0 Å². The van der Waals surface area contributed by atoms with Crippen molar-refractivity contribution in [2.75, 3.05) is 6.26 Å². The van der Waals surface area contributed by atoms with E-state index in [-0.39, 0.29) is 11.3 Å². The molecule has 0 saturated heterocycles. The molecule has 1 heterocycles. The largest absolute Gasteiger partial charge is 0.307 e. The van der Waals surface area contributed by atoms with Gasteiger partial charge in [0, 0.05) is 19.3 Å². The van der Waals surface area contributed by atoms with Gasteiger partial charge in [-0.2, -0.15) is 5.10 Å². The first kappa shape index (κ1) is 13.5. The second kappa shape index (κ2) is 5.36. The maximum absolute atomic E-state index is 11.6. The van der Waals surface area contributed by atoms with Crippen molar-refractivity contribution in [1.82, 2.24) is 20.1 Å². The van der Waals surface area contributed by atoms with Crippen molar-refractivity contribution in [2.45, 2.75) is 43.5 Å². The third kappa shape index (κ3) is 3.52. The fourth-order valence-corrected chi connectivity index (χ4v) is 3.60. The molecule has 0 aromatic carbocycles. The smallest absolute Gasteiger partial charge is 0.164 e. The molecule has 1 fully saturated rings. The molecule has 0 spiro atoms. The number of hydrogen-bond acceptors (Lipinski definition) is 5. The SMILES string of the molecule is Cn1cnc(CNC2CCCC(S(C)(=O)=O)C2)n1. The summed E-state index contributed by atoms with van der Waals surface area (Å²) in [5.74, 6) is 0.749. The van der Waals surface area contributed by atoms with Gasteiger partial charge in [-0.05, 0) is 19.3 Å². The zero-order chi connectivity index (χ0) is 13.2. The van der Waals surface area contributed by atoms with Crippen molar-refractivity contribution in [1.29, 1.82) is 0 Å². The van der Waals surface area contributed by atoms with E-state index < -0.39 is 9.84 Å². The molecule has 1 saturated carbocycles. The summed E-state index contributed by atoms with van der Waals surface area (Å²) in [6.45, 7) is 0.599. The van der Waals surface area contributed by atoms with E-state index in [1.165, 1.54) is 6.26 Å². The van der Waals surface area contributed by atoms with Gasteiger partial charge in [-0.15, -0.1) is 0 Å². The second-order valence-electron chi connectivity index (χ2n) is 5.03. The molecular formula is C11H20N4O2S. The number of nitrogens with one attached hydrogen (secondary N) is 1. The first-order valence-corrected chi connectivity index (χ1v) is 8.17. The number of aryl methyl sites for hydroxylation is 1. The van der Waals surface area contributed by atoms with Crippen LogP contribution in [0.2, 0.25) is 0 Å². The van der Waals surface area contributed by atoms with Crippen LogP contribution in [0.15, 0.2) is 6.33 Å². The summed E-state index contributed by atoms with van der Waals surface area (Å²) in [5, 5.41) is 7.34. The van der Waals surface area contributed by atoms with E-state index in [1.807, 2.05) is 7.05 Å². The number of rotatable bonds is 4. The van der Waals surface area contributed by atoms with E-state index >= 15 is 0 Å². The van der Waals surface area contributed by atoms with E-state index in [9.17, 15) is 8.42 Å². The topological polar surface area (TPSA) is 76.9 Å². The van der Waals surface area contributed by atoms with Crippen molar-refractivity contribution < 1.29 is 8.42 Å². The van der Waals surface area contributed by atoms with Crippen LogP contribution in [0, 0.1) is 0 Å². The summed E-state index contributed by atoms with van der Waals surface area (Å²) >= 11 is 0. The van der Waals surface area contributed by atoms with E-state index in [4.69, 9.17) is 0 Å². The summed E-state index contributed by atoms with van der Waals surface area (Å²) < 4.78 is 24.8. The van der Waals surface area contributed by atoms with E-state index in [2.05, 4.69) is 15.4 Å². The minimum absolute atomic E-state index is 0.194. The van der Waals surface area contributed by atoms with Crippen molar-refractivity contribution in [3.05, 3.63) is 12.2 Å². The van der Waals surface area contributed by atoms with Crippen LogP contribution in [0.3, 0.4) is 0 Å². The molecule has 1 aromatic rings. The Hall–Kier alpha value is -0.950. The average Bonchev–Trinajstić information content (AvgIpc) is 2.72. The number of hydrogen-bond donors (Lipinski definition) is 1. The van der Waals surface area contributed by atoms with Gasteiger partial charge in [0.2, 0.25) is 0 Å². The third-order valence-corrected chi connectivity index (χ3v) is 5.07. The van der Waals surface area contributed by atoms with Crippen LogP contribution < -0.4 is 5.32 Å². The lowest BCUT2D eigenvalue weighted by Crippen LogP contribution is -2.38. The molecular weight excluding hydrogens is 252 g/mol. The lowest BCUT2D eigenvalue weighted by molar-refractivity contribution is 0.368. The fraction of sp³-hybridized carbons (Fsp3) is 0.818. The molecule has 1 aromatic heterocycles. The Morgan fingerprint density at radius 2 is 2.28 bits per heavy atom. The van der Waals surface area contributed by atoms with Crippen molar-refractivity contribution in [3.8, 4) is 0 Å². The van der Waals surface area contributed by atoms with Gasteiger partial charge in [0.05, 0.1) is 11.8 Å². The highest BCUT2D eigenvalue weighted by Gasteiger charge is 2.28. The van der Waals surface area contributed by atoms with Gasteiger partial charge in [-0.25, -0.2) is 13.4 Å². The zero-order valence-electron chi connectivity index (χ0n) is 10.8. The molecule has 18 heavy (non-hydrogen) atoms. The van der Waals surface area contributed by atoms with Gasteiger partial charge < -0.3 is 5.32 Å². The Kier molecular flexibility index (Phi) is 4.01. The molecule has 0 aliphatic heterocycles. The molecule has 0 radical (unpaired) electrons. The van der Waals surface area contributed by atoms with Crippen LogP contribution in [0.5, 0.6) is 0 Å². The van der Waals surface area contributed by atoms with E-state index in [1.54, 1.807) is 11.0 Å². The average molecular weight is 272 g/mol. The molecule has 1 aliphatic carbocycles. The van der Waals surface area contributed by atoms with Gasteiger partial charge >= 0.3 is 0 Å². The van der Waals surface area contributed by atoms with E-state index in [0.29, 0.717) is 13.0 Å². The maximum Gasteiger partial charge on any atom is 0.164 e. The van der Waals surface area contributed by atoms with Crippen LogP contribution in [-0.4, -0.2) is 40.7 Å². The quantitative estimate of drug-likeness (QED) is 0.851. The van der Waals surface area contributed by atoms with Crippen molar-refractivity contribution in [2.24, 2.45) is 7.05 Å². The maximum atomic E-state index is 11.6. The summed E-state index contributed by atoms with van der Waals surface area (Å²) in [5.41, 5.74) is 0. The standard InChI is InChI=1S/C11H20N4O2S/c1-15-8-13-11(14-15)7-12-9-4-3-5-10(6-9)18(2,16)17/h8-10,12H,3-7H2,1-2H3. The van der Waals surface area contributed by atoms with Crippen LogP contribution in [0.4, 0.5) is 0 Å². The Morgan fingerprint density at radius 1 is 1.50 bits per heavy atom. The van der Waals surface area contributed by atoms with E-state index in [0.717, 1.165) is 25.1 Å². The van der Waals surface area contributed by atoms with Crippen LogP contribution >= 0.6 is 0 Å². The predicted molar refractivity (Wildman–Crippen MR) is 68.7 cm³/mol. The second-order valence-corrected chi connectivity index (χ2v) is 7.36. The van der Waals surface area contributed by atoms with Crippen LogP contribution in [0.1, 0.15) is 31.5 Å². The number of nitrogens with zero attached hydrogens (tertiary/aromatic N) is 3. The highest BCUT2D eigenvalue weighted by atomic mass is 32.2. The molecule has 2 atom stereocenters. The molecule has 1 aliphatic rings. The zero-order valence-corrected chi connectivity index (χ0v) is 11.7. The monoisotopic (exact) mass is 272 g/mol. The molecule has 7 heteroatoms. The summed E-state index contributed by atoms with van der Waals surface area (Å²) in [4.78, 5) is 4.14. The highest BCUT2D eigenvalue weighted by molar-refractivity contribution is 7.91. The first-order valence-electron chi connectivity index (χ1n) is 6.22. The predicted octanol–water partition coefficient (Wildman–Crippen LogP) is 0.261. The molecule has 6 nitrogen and oxygen atoms in total. The van der Waals surface area contributed by atoms with Gasteiger partial charge in [-0.1, -0.05) is 6.42 Å². The summed E-state index contributed by atoms with van der Waals surface area (Å²) in [6.07, 6.45) is 6.48.